The summed E-state index contributed by atoms with van der Waals surface area (Å²) in [4.78, 5) is 24.9. The maximum atomic E-state index is 11.9. The summed E-state index contributed by atoms with van der Waals surface area (Å²) in [7, 11) is 0. The van der Waals surface area contributed by atoms with E-state index >= 15 is 0 Å². The van der Waals surface area contributed by atoms with Crippen LogP contribution in [0.2, 0.25) is 0 Å². The monoisotopic (exact) mass is 352 g/mol. The van der Waals surface area contributed by atoms with Crippen molar-refractivity contribution in [3.05, 3.63) is 69.8 Å². The van der Waals surface area contributed by atoms with Crippen LogP contribution in [0.15, 0.2) is 53.6 Å². The Kier molecular flexibility index (Phi) is 5.58. The van der Waals surface area contributed by atoms with Crippen LogP contribution < -0.4 is 10.3 Å². The average molecular weight is 352 g/mol. The number of nitrogens with one attached hydrogen (secondary N) is 1. The molecule has 2 aromatic carbocycles. The first kappa shape index (κ1) is 17.6. The van der Waals surface area contributed by atoms with Crippen molar-refractivity contribution in [1.29, 1.82) is 0 Å². The number of carbonyl (C=O) groups excluding carboxylic acids is 1. The van der Waals surface area contributed by atoms with Gasteiger partial charge in [0.15, 0.2) is 0 Å². The van der Waals surface area contributed by atoms with Gasteiger partial charge in [0.1, 0.15) is 5.69 Å². The minimum Gasteiger partial charge on any atom is -0.366 e. The van der Waals surface area contributed by atoms with Crippen LogP contribution in [-0.2, 0) is 11.2 Å². The first-order valence-corrected chi connectivity index (χ1v) is 8.53. The SMILES string of the molecule is O=C(Cc1ccccc1)N/N=C\c1ccc(N2CCCC2)c([N+](=O)[O-])c1. The first-order valence-electron chi connectivity index (χ1n) is 8.53. The molecule has 7 heteroatoms. The van der Waals surface area contributed by atoms with Gasteiger partial charge in [-0.1, -0.05) is 36.4 Å². The number of anilines is 1. The van der Waals surface area contributed by atoms with Crippen molar-refractivity contribution in [1.82, 2.24) is 5.43 Å². The van der Waals surface area contributed by atoms with Crippen molar-refractivity contribution in [3.63, 3.8) is 0 Å². The Morgan fingerprint density at radius 1 is 1.19 bits per heavy atom. The van der Waals surface area contributed by atoms with E-state index in [4.69, 9.17) is 0 Å². The summed E-state index contributed by atoms with van der Waals surface area (Å²) in [5.41, 5.74) is 4.61. The van der Waals surface area contributed by atoms with Gasteiger partial charge in [0.05, 0.1) is 17.6 Å². The summed E-state index contributed by atoms with van der Waals surface area (Å²) in [5, 5.41) is 15.3. The molecule has 134 valence electrons. The molecule has 1 heterocycles. The van der Waals surface area contributed by atoms with Crippen molar-refractivity contribution < 1.29 is 9.72 Å². The van der Waals surface area contributed by atoms with E-state index in [0.717, 1.165) is 31.5 Å². The third-order valence-corrected chi connectivity index (χ3v) is 4.25. The van der Waals surface area contributed by atoms with Gasteiger partial charge in [0, 0.05) is 24.7 Å². The quantitative estimate of drug-likeness (QED) is 0.492. The van der Waals surface area contributed by atoms with Gasteiger partial charge in [0.2, 0.25) is 5.91 Å². The number of benzene rings is 2. The molecular formula is C19H20N4O3. The molecule has 2 aromatic rings. The molecule has 0 saturated carbocycles. The standard InChI is InChI=1S/C19H20N4O3/c24-19(13-15-6-2-1-3-7-15)21-20-14-16-8-9-17(18(12-16)23(25)26)22-10-4-5-11-22/h1-3,6-9,12,14H,4-5,10-11,13H2,(H,21,24)/b20-14-. The van der Waals surface area contributed by atoms with Crippen molar-refractivity contribution in [2.45, 2.75) is 19.3 Å². The van der Waals surface area contributed by atoms with Crippen LogP contribution in [0.25, 0.3) is 0 Å². The summed E-state index contributed by atoms with van der Waals surface area (Å²) in [5.74, 6) is -0.240. The molecule has 26 heavy (non-hydrogen) atoms. The third-order valence-electron chi connectivity index (χ3n) is 4.25. The Morgan fingerprint density at radius 2 is 1.92 bits per heavy atom. The predicted octanol–water partition coefficient (Wildman–Crippen LogP) is 2.89. The minimum absolute atomic E-state index is 0.0615. The Morgan fingerprint density at radius 3 is 2.62 bits per heavy atom. The van der Waals surface area contributed by atoms with E-state index in [0.29, 0.717) is 11.3 Å². The normalized spacial score (nSPS) is 13.9. The zero-order chi connectivity index (χ0) is 18.4. The molecule has 0 radical (unpaired) electrons. The van der Waals surface area contributed by atoms with E-state index in [1.165, 1.54) is 12.3 Å². The van der Waals surface area contributed by atoms with Gasteiger partial charge in [-0.15, -0.1) is 0 Å². The van der Waals surface area contributed by atoms with Crippen molar-refractivity contribution in [2.75, 3.05) is 18.0 Å². The summed E-state index contributed by atoms with van der Waals surface area (Å²) in [6, 6.07) is 14.4. The summed E-state index contributed by atoms with van der Waals surface area (Å²) in [6.07, 6.45) is 3.75. The molecule has 1 N–H and O–H groups in total. The second-order valence-electron chi connectivity index (χ2n) is 6.15. The van der Waals surface area contributed by atoms with Crippen LogP contribution in [-0.4, -0.2) is 30.1 Å². The van der Waals surface area contributed by atoms with Gasteiger partial charge in [-0.3, -0.25) is 14.9 Å². The fourth-order valence-corrected chi connectivity index (χ4v) is 2.99. The van der Waals surface area contributed by atoms with Gasteiger partial charge >= 0.3 is 0 Å². The number of rotatable bonds is 6. The van der Waals surface area contributed by atoms with Crippen LogP contribution in [0.3, 0.4) is 0 Å². The molecular weight excluding hydrogens is 332 g/mol. The van der Waals surface area contributed by atoms with E-state index in [-0.39, 0.29) is 22.9 Å². The summed E-state index contributed by atoms with van der Waals surface area (Å²) >= 11 is 0. The first-order chi connectivity index (χ1) is 12.6. The molecule has 1 fully saturated rings. The van der Waals surface area contributed by atoms with Crippen LogP contribution in [0.1, 0.15) is 24.0 Å². The molecule has 0 unspecified atom stereocenters. The highest BCUT2D eigenvalue weighted by atomic mass is 16.6. The zero-order valence-electron chi connectivity index (χ0n) is 14.3. The molecule has 0 aliphatic carbocycles. The van der Waals surface area contributed by atoms with E-state index < -0.39 is 0 Å². The molecule has 1 aliphatic heterocycles. The largest absolute Gasteiger partial charge is 0.366 e. The number of hydrazone groups is 1. The summed E-state index contributed by atoms with van der Waals surface area (Å²) in [6.45, 7) is 1.67. The average Bonchev–Trinajstić information content (AvgIpc) is 3.17. The molecule has 1 saturated heterocycles. The minimum atomic E-state index is -0.376. The van der Waals surface area contributed by atoms with Crippen LogP contribution >= 0.6 is 0 Å². The van der Waals surface area contributed by atoms with Gasteiger partial charge < -0.3 is 4.90 Å². The number of carbonyl (C=O) groups is 1. The van der Waals surface area contributed by atoms with Crippen molar-refractivity contribution in [3.8, 4) is 0 Å². The molecule has 0 spiro atoms. The Balaban J connectivity index is 1.65. The van der Waals surface area contributed by atoms with Gasteiger partial charge in [-0.05, 0) is 24.5 Å². The fourth-order valence-electron chi connectivity index (χ4n) is 2.99. The van der Waals surface area contributed by atoms with Gasteiger partial charge in [-0.2, -0.15) is 5.10 Å². The maximum absolute atomic E-state index is 11.9. The zero-order valence-corrected chi connectivity index (χ0v) is 14.3. The number of amides is 1. The molecule has 1 amide bonds. The number of hydrogen-bond acceptors (Lipinski definition) is 5. The smallest absolute Gasteiger partial charge is 0.293 e. The van der Waals surface area contributed by atoms with Crippen LogP contribution in [0.5, 0.6) is 0 Å². The lowest BCUT2D eigenvalue weighted by atomic mass is 10.1. The number of nitro benzene ring substituents is 1. The second-order valence-corrected chi connectivity index (χ2v) is 6.15. The van der Waals surface area contributed by atoms with Crippen molar-refractivity contribution >= 4 is 23.5 Å². The second kappa shape index (κ2) is 8.24. The Hall–Kier alpha value is -3.22. The highest BCUT2D eigenvalue weighted by Crippen LogP contribution is 2.31. The number of hydrogen-bond donors (Lipinski definition) is 1. The molecule has 0 atom stereocenters. The number of nitrogens with zero attached hydrogens (tertiary/aromatic N) is 3. The number of nitro groups is 1. The third kappa shape index (κ3) is 4.44. The van der Waals surface area contributed by atoms with E-state index in [9.17, 15) is 14.9 Å². The van der Waals surface area contributed by atoms with E-state index in [2.05, 4.69) is 10.5 Å². The summed E-state index contributed by atoms with van der Waals surface area (Å²) < 4.78 is 0. The van der Waals surface area contributed by atoms with E-state index in [1.54, 1.807) is 12.1 Å². The Bertz CT molecular complexity index is 815. The van der Waals surface area contributed by atoms with E-state index in [1.807, 2.05) is 35.2 Å². The fraction of sp³-hybridized carbons (Fsp3) is 0.263. The molecule has 0 bridgehead atoms. The Labute approximate surface area is 151 Å². The molecule has 1 aliphatic rings. The molecule has 0 aromatic heterocycles. The molecule has 7 nitrogen and oxygen atoms in total. The predicted molar refractivity (Wildman–Crippen MR) is 100 cm³/mol. The lowest BCUT2D eigenvalue weighted by Gasteiger charge is -2.17. The van der Waals surface area contributed by atoms with Gasteiger partial charge in [0.25, 0.3) is 5.69 Å². The van der Waals surface area contributed by atoms with Crippen LogP contribution in [0, 0.1) is 10.1 Å². The highest BCUT2D eigenvalue weighted by molar-refractivity contribution is 5.85. The van der Waals surface area contributed by atoms with Crippen LogP contribution in [0.4, 0.5) is 11.4 Å². The maximum Gasteiger partial charge on any atom is 0.293 e. The van der Waals surface area contributed by atoms with Crippen molar-refractivity contribution in [2.24, 2.45) is 5.10 Å². The topological polar surface area (TPSA) is 87.8 Å². The highest BCUT2D eigenvalue weighted by Gasteiger charge is 2.22. The lowest BCUT2D eigenvalue weighted by Crippen LogP contribution is -2.20. The molecule has 3 rings (SSSR count). The lowest BCUT2D eigenvalue weighted by molar-refractivity contribution is -0.384. The van der Waals surface area contributed by atoms with Gasteiger partial charge in [-0.25, -0.2) is 5.43 Å².